The molecule has 1 aromatic rings. The number of nitrogens with zero attached hydrogens (tertiary/aromatic N) is 1. The lowest BCUT2D eigenvalue weighted by Gasteiger charge is -2.29. The normalized spacial score (nSPS) is 18.0. The van der Waals surface area contributed by atoms with Crippen molar-refractivity contribution in [3.05, 3.63) is 23.3 Å². The summed E-state index contributed by atoms with van der Waals surface area (Å²) in [5.74, 6) is 1.03. The number of aliphatic hydroxyl groups excluding tert-OH is 1. The van der Waals surface area contributed by atoms with Gasteiger partial charge in [0.15, 0.2) is 0 Å². The minimum absolute atomic E-state index is 0.199. The number of aromatic hydroxyl groups is 1. The van der Waals surface area contributed by atoms with Crippen LogP contribution in [-0.4, -0.2) is 60.7 Å². The van der Waals surface area contributed by atoms with Crippen molar-refractivity contribution < 1.29 is 19.7 Å². The molecule has 2 rings (SSSR count). The zero-order valence-electron chi connectivity index (χ0n) is 17.1. The fourth-order valence-electron chi connectivity index (χ4n) is 3.16. The van der Waals surface area contributed by atoms with Crippen LogP contribution < -0.4 is 4.74 Å². The van der Waals surface area contributed by atoms with E-state index in [4.69, 9.17) is 9.47 Å². The van der Waals surface area contributed by atoms with Gasteiger partial charge >= 0.3 is 0 Å². The molecule has 0 spiro atoms. The Morgan fingerprint density at radius 2 is 1.54 bits per heavy atom. The molecule has 0 radical (unpaired) electrons. The van der Waals surface area contributed by atoms with Gasteiger partial charge in [0.1, 0.15) is 24.2 Å². The molecule has 1 aromatic carbocycles. The summed E-state index contributed by atoms with van der Waals surface area (Å²) in [6.07, 6.45) is -0.557. The number of morpholine rings is 1. The summed E-state index contributed by atoms with van der Waals surface area (Å²) < 4.78 is 11.3. The number of rotatable bonds is 5. The topological polar surface area (TPSA) is 62.2 Å². The maximum atomic E-state index is 10.8. The van der Waals surface area contributed by atoms with E-state index in [1.165, 1.54) is 0 Å². The number of aliphatic hydroxyl groups is 1. The highest BCUT2D eigenvalue weighted by atomic mass is 16.5. The fourth-order valence-corrected chi connectivity index (χ4v) is 3.16. The van der Waals surface area contributed by atoms with E-state index in [1.807, 2.05) is 12.1 Å². The van der Waals surface area contributed by atoms with Gasteiger partial charge in [-0.1, -0.05) is 41.5 Å². The molecule has 148 valence electrons. The number of β-amino-alcohol motifs (C(OH)–C–C–N with tert-alkyl or cyclic N) is 1. The summed E-state index contributed by atoms with van der Waals surface area (Å²) in [5, 5.41) is 21.1. The Kier molecular flexibility index (Phi) is 6.59. The molecule has 2 N–H and O–H groups in total. The van der Waals surface area contributed by atoms with Crippen molar-refractivity contribution in [2.45, 2.75) is 58.5 Å². The zero-order valence-corrected chi connectivity index (χ0v) is 17.1. The van der Waals surface area contributed by atoms with Crippen LogP contribution >= 0.6 is 0 Å². The van der Waals surface area contributed by atoms with Crippen LogP contribution in [0.3, 0.4) is 0 Å². The number of phenolic OH excluding ortho intramolecular Hbond substituents is 1. The summed E-state index contributed by atoms with van der Waals surface area (Å²) >= 11 is 0. The summed E-state index contributed by atoms with van der Waals surface area (Å²) in [4.78, 5) is 2.19. The minimum Gasteiger partial charge on any atom is -0.507 e. The lowest BCUT2D eigenvalue weighted by atomic mass is 9.79. The predicted octanol–water partition coefficient (Wildman–Crippen LogP) is 3.06. The summed E-state index contributed by atoms with van der Waals surface area (Å²) in [6, 6.07) is 3.79. The Balaban J connectivity index is 2.12. The van der Waals surface area contributed by atoms with Crippen molar-refractivity contribution in [1.29, 1.82) is 0 Å². The number of hydrogen-bond donors (Lipinski definition) is 2. The molecular formula is C21H35NO4. The van der Waals surface area contributed by atoms with Crippen LogP contribution in [-0.2, 0) is 15.6 Å². The fraction of sp³-hybridized carbons (Fsp3) is 0.714. The van der Waals surface area contributed by atoms with E-state index in [0.29, 0.717) is 18.0 Å². The van der Waals surface area contributed by atoms with Crippen LogP contribution in [0.5, 0.6) is 11.5 Å². The molecule has 26 heavy (non-hydrogen) atoms. The molecule has 1 aliphatic rings. The van der Waals surface area contributed by atoms with Gasteiger partial charge in [0.2, 0.25) is 0 Å². The molecule has 1 heterocycles. The molecule has 5 nitrogen and oxygen atoms in total. The minimum atomic E-state index is -0.557. The molecule has 0 aromatic heterocycles. The van der Waals surface area contributed by atoms with Gasteiger partial charge in [-0.25, -0.2) is 0 Å². The molecule has 1 aliphatic heterocycles. The number of benzene rings is 1. The van der Waals surface area contributed by atoms with Gasteiger partial charge in [-0.05, 0) is 23.0 Å². The number of hydrogen-bond acceptors (Lipinski definition) is 5. The van der Waals surface area contributed by atoms with Crippen LogP contribution in [0, 0.1) is 0 Å². The highest BCUT2D eigenvalue weighted by Crippen LogP contribution is 2.41. The molecular weight excluding hydrogens is 330 g/mol. The first-order chi connectivity index (χ1) is 12.0. The van der Waals surface area contributed by atoms with Gasteiger partial charge in [0.05, 0.1) is 13.2 Å². The Labute approximate surface area is 157 Å². The molecule has 0 unspecified atom stereocenters. The van der Waals surface area contributed by atoms with Crippen molar-refractivity contribution in [3.63, 3.8) is 0 Å². The van der Waals surface area contributed by atoms with E-state index < -0.39 is 6.10 Å². The number of phenols is 1. The van der Waals surface area contributed by atoms with Crippen molar-refractivity contribution in [3.8, 4) is 11.5 Å². The van der Waals surface area contributed by atoms with Crippen molar-refractivity contribution in [1.82, 2.24) is 4.90 Å². The van der Waals surface area contributed by atoms with Crippen LogP contribution in [0.25, 0.3) is 0 Å². The van der Waals surface area contributed by atoms with Crippen LogP contribution in [0.4, 0.5) is 0 Å². The first-order valence-electron chi connectivity index (χ1n) is 9.47. The van der Waals surface area contributed by atoms with Gasteiger partial charge in [0, 0.05) is 30.8 Å². The molecule has 5 heteroatoms. The molecule has 1 atom stereocenters. The standard InChI is InChI=1S/C21H35NO4/c1-20(2,3)17-11-16(12-18(19(17)24)21(4,5)6)26-14-15(23)13-22-7-9-25-10-8-22/h11-12,15,23-24H,7-10,13-14H2,1-6H3/t15-/m0/s1. The molecule has 0 amide bonds. The molecule has 0 aliphatic carbocycles. The third-order valence-electron chi connectivity index (χ3n) is 4.71. The van der Waals surface area contributed by atoms with Gasteiger partial charge < -0.3 is 19.7 Å². The second-order valence-corrected chi connectivity index (χ2v) is 9.24. The van der Waals surface area contributed by atoms with E-state index in [1.54, 1.807) is 0 Å². The Bertz CT molecular complexity index is 560. The maximum Gasteiger partial charge on any atom is 0.123 e. The Morgan fingerprint density at radius 1 is 1.04 bits per heavy atom. The third-order valence-corrected chi connectivity index (χ3v) is 4.71. The first-order valence-corrected chi connectivity index (χ1v) is 9.47. The molecule has 1 saturated heterocycles. The highest BCUT2D eigenvalue weighted by Gasteiger charge is 2.27. The summed E-state index contributed by atoms with van der Waals surface area (Å²) in [7, 11) is 0. The van der Waals surface area contributed by atoms with E-state index in [2.05, 4.69) is 46.4 Å². The smallest absolute Gasteiger partial charge is 0.123 e. The van der Waals surface area contributed by atoms with E-state index >= 15 is 0 Å². The highest BCUT2D eigenvalue weighted by molar-refractivity contribution is 5.51. The van der Waals surface area contributed by atoms with Gasteiger partial charge in [-0.15, -0.1) is 0 Å². The van der Waals surface area contributed by atoms with Crippen LogP contribution in [0.2, 0.25) is 0 Å². The average molecular weight is 366 g/mol. The van der Waals surface area contributed by atoms with Gasteiger partial charge in [-0.3, -0.25) is 4.90 Å². The molecule has 0 bridgehead atoms. The lowest BCUT2D eigenvalue weighted by molar-refractivity contribution is 0.00463. The van der Waals surface area contributed by atoms with E-state index in [0.717, 1.165) is 37.4 Å². The third kappa shape index (κ3) is 5.60. The number of ether oxygens (including phenoxy) is 2. The monoisotopic (exact) mass is 365 g/mol. The summed E-state index contributed by atoms with van der Waals surface area (Å²) in [6.45, 7) is 16.4. The van der Waals surface area contributed by atoms with Crippen molar-refractivity contribution >= 4 is 0 Å². The summed E-state index contributed by atoms with van der Waals surface area (Å²) in [5.41, 5.74) is 1.33. The van der Waals surface area contributed by atoms with Crippen molar-refractivity contribution in [2.24, 2.45) is 0 Å². The zero-order chi connectivity index (χ0) is 19.5. The Morgan fingerprint density at radius 3 is 2.00 bits per heavy atom. The second kappa shape index (κ2) is 8.15. The van der Waals surface area contributed by atoms with E-state index in [-0.39, 0.29) is 17.4 Å². The van der Waals surface area contributed by atoms with Crippen LogP contribution in [0.15, 0.2) is 12.1 Å². The largest absolute Gasteiger partial charge is 0.507 e. The van der Waals surface area contributed by atoms with Gasteiger partial charge in [-0.2, -0.15) is 0 Å². The maximum absolute atomic E-state index is 10.8. The molecule has 0 saturated carbocycles. The first kappa shape index (κ1) is 21.0. The lowest BCUT2D eigenvalue weighted by Crippen LogP contribution is -2.42. The second-order valence-electron chi connectivity index (χ2n) is 9.24. The van der Waals surface area contributed by atoms with Gasteiger partial charge in [0.25, 0.3) is 0 Å². The van der Waals surface area contributed by atoms with Crippen LogP contribution in [0.1, 0.15) is 52.7 Å². The SMILES string of the molecule is CC(C)(C)c1cc(OC[C@@H](O)CN2CCOCC2)cc(C(C)(C)C)c1O. The quantitative estimate of drug-likeness (QED) is 0.840. The molecule has 1 fully saturated rings. The Hall–Kier alpha value is -1.30. The predicted molar refractivity (Wildman–Crippen MR) is 104 cm³/mol. The van der Waals surface area contributed by atoms with Crippen molar-refractivity contribution in [2.75, 3.05) is 39.5 Å². The average Bonchev–Trinajstić information content (AvgIpc) is 2.52. The van der Waals surface area contributed by atoms with E-state index in [9.17, 15) is 10.2 Å².